The van der Waals surface area contributed by atoms with Crippen molar-refractivity contribution in [1.82, 2.24) is 0 Å². The number of carboxylic acids is 1. The van der Waals surface area contributed by atoms with Crippen LogP contribution in [-0.2, 0) is 14.3 Å². The molecule has 5 N–H and O–H groups in total. The zero-order valence-electron chi connectivity index (χ0n) is 12.4. The van der Waals surface area contributed by atoms with Crippen LogP contribution in [0.15, 0.2) is 35.9 Å². The summed E-state index contributed by atoms with van der Waals surface area (Å²) in [4.78, 5) is 22.6. The molecule has 1 aliphatic carbocycles. The number of aromatic hydroxyl groups is 2. The minimum atomic E-state index is -1.44. The van der Waals surface area contributed by atoms with E-state index in [0.29, 0.717) is 5.56 Å². The summed E-state index contributed by atoms with van der Waals surface area (Å²) in [5.41, 5.74) is 0.262. The van der Waals surface area contributed by atoms with Gasteiger partial charge in [-0.3, -0.25) is 0 Å². The molecular weight excluding hydrogens is 320 g/mol. The van der Waals surface area contributed by atoms with E-state index in [1.165, 1.54) is 24.3 Å². The highest BCUT2D eigenvalue weighted by Crippen LogP contribution is 2.26. The Hall–Kier alpha value is -2.84. The second-order valence-electron chi connectivity index (χ2n) is 5.24. The van der Waals surface area contributed by atoms with Gasteiger partial charge in [0.15, 0.2) is 17.6 Å². The van der Waals surface area contributed by atoms with Gasteiger partial charge in [0, 0.05) is 18.1 Å². The standard InChI is InChI=1S/C16H16O8/c17-10-3-1-8(5-11(10)18)2-4-14(21)24-15-12(19)6-9(16(22)23)7-13(15)20/h1-6,12-13,15,17-20H,7H2,(H,22,23)/b4-2-. The quantitative estimate of drug-likeness (QED) is 0.297. The molecule has 0 aliphatic heterocycles. The number of esters is 1. The van der Waals surface area contributed by atoms with Crippen molar-refractivity contribution in [3.05, 3.63) is 41.5 Å². The normalized spacial score (nSPS) is 23.8. The highest BCUT2D eigenvalue weighted by molar-refractivity contribution is 5.88. The fraction of sp³-hybridized carbons (Fsp3) is 0.250. The monoisotopic (exact) mass is 336 g/mol. The van der Waals surface area contributed by atoms with Crippen molar-refractivity contribution in [2.45, 2.75) is 24.7 Å². The molecule has 24 heavy (non-hydrogen) atoms. The van der Waals surface area contributed by atoms with Gasteiger partial charge >= 0.3 is 11.9 Å². The molecule has 8 nitrogen and oxygen atoms in total. The van der Waals surface area contributed by atoms with Crippen LogP contribution >= 0.6 is 0 Å². The van der Waals surface area contributed by atoms with E-state index < -0.39 is 30.3 Å². The van der Waals surface area contributed by atoms with Crippen LogP contribution < -0.4 is 0 Å². The fourth-order valence-electron chi connectivity index (χ4n) is 2.23. The number of carboxylic acid groups (broad SMARTS) is 1. The summed E-state index contributed by atoms with van der Waals surface area (Å²) in [5, 5.41) is 47.0. The van der Waals surface area contributed by atoms with Gasteiger partial charge in [-0.1, -0.05) is 6.07 Å². The second kappa shape index (κ2) is 7.16. The topological polar surface area (TPSA) is 145 Å². The Morgan fingerprint density at radius 2 is 1.88 bits per heavy atom. The number of phenolic OH excluding ortho intramolecular Hbond substituents is 2. The van der Waals surface area contributed by atoms with E-state index in [1.54, 1.807) is 0 Å². The molecule has 0 heterocycles. The minimum Gasteiger partial charge on any atom is -0.504 e. The SMILES string of the molecule is O=C(/C=C\c1ccc(O)c(O)c1)OC1C(O)C=C(C(=O)O)CC1O. The fourth-order valence-corrected chi connectivity index (χ4v) is 2.23. The van der Waals surface area contributed by atoms with Crippen molar-refractivity contribution in [3.8, 4) is 11.5 Å². The van der Waals surface area contributed by atoms with Crippen molar-refractivity contribution >= 4 is 18.0 Å². The number of aliphatic carboxylic acids is 1. The summed E-state index contributed by atoms with van der Waals surface area (Å²) in [6, 6.07) is 3.92. The van der Waals surface area contributed by atoms with Crippen LogP contribution in [0.25, 0.3) is 6.08 Å². The van der Waals surface area contributed by atoms with E-state index >= 15 is 0 Å². The van der Waals surface area contributed by atoms with Gasteiger partial charge in [0.25, 0.3) is 0 Å². The average Bonchev–Trinajstić information content (AvgIpc) is 2.51. The molecule has 1 aromatic rings. The molecule has 128 valence electrons. The Morgan fingerprint density at radius 1 is 1.17 bits per heavy atom. The third kappa shape index (κ3) is 4.12. The lowest BCUT2D eigenvalue weighted by Crippen LogP contribution is -2.44. The average molecular weight is 336 g/mol. The molecule has 0 amide bonds. The third-order valence-corrected chi connectivity index (χ3v) is 3.46. The lowest BCUT2D eigenvalue weighted by Gasteiger charge is -2.29. The molecule has 1 aromatic carbocycles. The van der Waals surface area contributed by atoms with Gasteiger partial charge in [0.05, 0.1) is 6.10 Å². The van der Waals surface area contributed by atoms with E-state index in [0.717, 1.165) is 12.2 Å². The summed E-state index contributed by atoms with van der Waals surface area (Å²) >= 11 is 0. The van der Waals surface area contributed by atoms with Gasteiger partial charge in [-0.2, -0.15) is 0 Å². The van der Waals surface area contributed by atoms with Gasteiger partial charge in [0.2, 0.25) is 0 Å². The molecule has 0 saturated carbocycles. The van der Waals surface area contributed by atoms with Crippen molar-refractivity contribution in [2.24, 2.45) is 0 Å². The summed E-state index contributed by atoms with van der Waals surface area (Å²) in [7, 11) is 0. The smallest absolute Gasteiger partial charge is 0.331 e. The van der Waals surface area contributed by atoms with Gasteiger partial charge < -0.3 is 30.3 Å². The zero-order valence-corrected chi connectivity index (χ0v) is 12.4. The van der Waals surface area contributed by atoms with Crippen LogP contribution in [0.1, 0.15) is 12.0 Å². The van der Waals surface area contributed by atoms with Crippen molar-refractivity contribution < 1.29 is 39.9 Å². The van der Waals surface area contributed by atoms with E-state index in [9.17, 15) is 30.0 Å². The molecule has 0 aromatic heterocycles. The first-order chi connectivity index (χ1) is 11.3. The first-order valence-electron chi connectivity index (χ1n) is 6.98. The number of benzene rings is 1. The lowest BCUT2D eigenvalue weighted by atomic mass is 9.92. The Bertz CT molecular complexity index is 706. The van der Waals surface area contributed by atoms with Crippen molar-refractivity contribution in [3.63, 3.8) is 0 Å². The highest BCUT2D eigenvalue weighted by Gasteiger charge is 2.35. The predicted molar refractivity (Wildman–Crippen MR) is 81.0 cm³/mol. The van der Waals surface area contributed by atoms with Crippen LogP contribution in [0, 0.1) is 0 Å². The molecule has 1 aliphatic rings. The molecule has 0 bridgehead atoms. The first kappa shape index (κ1) is 17.5. The van der Waals surface area contributed by atoms with Crippen LogP contribution in [-0.4, -0.2) is 55.8 Å². The molecule has 3 atom stereocenters. The number of carbonyl (C=O) groups is 2. The van der Waals surface area contributed by atoms with Gasteiger partial charge in [-0.15, -0.1) is 0 Å². The number of ether oxygens (including phenoxy) is 1. The molecule has 2 rings (SSSR count). The molecule has 0 spiro atoms. The van der Waals surface area contributed by atoms with Gasteiger partial charge in [-0.05, 0) is 29.8 Å². The Balaban J connectivity index is 2.02. The van der Waals surface area contributed by atoms with Gasteiger partial charge in [0.1, 0.15) is 6.10 Å². The minimum absolute atomic E-state index is 0.155. The summed E-state index contributed by atoms with van der Waals surface area (Å²) < 4.78 is 4.94. The zero-order chi connectivity index (χ0) is 17.9. The molecule has 0 radical (unpaired) electrons. The Kier molecular flexibility index (Phi) is 5.22. The molecule has 0 saturated heterocycles. The summed E-state index contributed by atoms with van der Waals surface area (Å²) in [5.74, 6) is -2.78. The lowest BCUT2D eigenvalue weighted by molar-refractivity contribution is -0.157. The third-order valence-electron chi connectivity index (χ3n) is 3.46. The largest absolute Gasteiger partial charge is 0.504 e. The number of rotatable bonds is 4. The molecule has 0 fully saturated rings. The van der Waals surface area contributed by atoms with Gasteiger partial charge in [-0.25, -0.2) is 9.59 Å². The van der Waals surface area contributed by atoms with Crippen LogP contribution in [0.2, 0.25) is 0 Å². The van der Waals surface area contributed by atoms with E-state index in [4.69, 9.17) is 9.84 Å². The summed E-state index contributed by atoms with van der Waals surface area (Å²) in [6.45, 7) is 0. The Morgan fingerprint density at radius 3 is 2.46 bits per heavy atom. The number of hydrogen-bond donors (Lipinski definition) is 5. The van der Waals surface area contributed by atoms with Crippen molar-refractivity contribution in [1.29, 1.82) is 0 Å². The highest BCUT2D eigenvalue weighted by atomic mass is 16.6. The second-order valence-corrected chi connectivity index (χ2v) is 5.24. The van der Waals surface area contributed by atoms with E-state index in [2.05, 4.69) is 0 Å². The first-order valence-corrected chi connectivity index (χ1v) is 6.98. The molecule has 3 unspecified atom stereocenters. The van der Waals surface area contributed by atoms with E-state index in [1.807, 2.05) is 0 Å². The number of carbonyl (C=O) groups excluding carboxylic acids is 1. The maximum Gasteiger partial charge on any atom is 0.331 e. The van der Waals surface area contributed by atoms with Crippen LogP contribution in [0.3, 0.4) is 0 Å². The molecular formula is C16H16O8. The van der Waals surface area contributed by atoms with E-state index in [-0.39, 0.29) is 23.5 Å². The summed E-state index contributed by atoms with van der Waals surface area (Å²) in [6.07, 6.45) is -0.961. The van der Waals surface area contributed by atoms with Crippen molar-refractivity contribution in [2.75, 3.05) is 0 Å². The number of hydrogen-bond acceptors (Lipinski definition) is 7. The Labute approximate surface area is 136 Å². The van der Waals surface area contributed by atoms with Crippen LogP contribution in [0.4, 0.5) is 0 Å². The number of aliphatic hydroxyl groups excluding tert-OH is 2. The maximum atomic E-state index is 11.8. The maximum absolute atomic E-state index is 11.8. The number of phenols is 2. The number of aliphatic hydroxyl groups is 2. The predicted octanol–water partition coefficient (Wildman–Crippen LogP) is 0.159. The van der Waals surface area contributed by atoms with Crippen LogP contribution in [0.5, 0.6) is 11.5 Å². The molecule has 8 heteroatoms.